The maximum Gasteiger partial charge on any atom is 0.124 e. The van der Waals surface area contributed by atoms with Gasteiger partial charge in [0.2, 0.25) is 0 Å². The van der Waals surface area contributed by atoms with Crippen molar-refractivity contribution in [3.8, 4) is 0 Å². The van der Waals surface area contributed by atoms with E-state index < -0.39 is 0 Å². The number of halogens is 3. The zero-order chi connectivity index (χ0) is 12.4. The highest BCUT2D eigenvalue weighted by atomic mass is 79.9. The molecule has 5 heteroatoms. The third-order valence-corrected chi connectivity index (χ3v) is 4.82. The van der Waals surface area contributed by atoms with E-state index in [0.717, 1.165) is 19.4 Å². The fourth-order valence-electron chi connectivity index (χ4n) is 1.65. The maximum absolute atomic E-state index is 13.2. The van der Waals surface area contributed by atoms with Crippen LogP contribution in [0.3, 0.4) is 0 Å². The highest BCUT2D eigenvalue weighted by Gasteiger charge is 2.12. The Morgan fingerprint density at radius 1 is 1.29 bits per heavy atom. The first-order valence-electron chi connectivity index (χ1n) is 4.99. The fraction of sp³-hybridized carbons (Fsp3) is 0.167. The Morgan fingerprint density at radius 3 is 2.65 bits per heavy atom. The maximum atomic E-state index is 13.2. The molecule has 1 aromatic carbocycles. The monoisotopic (exact) mass is 377 g/mol. The van der Waals surface area contributed by atoms with Crippen molar-refractivity contribution < 1.29 is 4.39 Å². The van der Waals surface area contributed by atoms with Crippen LogP contribution in [-0.4, -0.2) is 0 Å². The Morgan fingerprint density at radius 2 is 2.06 bits per heavy atom. The van der Waals surface area contributed by atoms with E-state index in [1.165, 1.54) is 12.1 Å². The van der Waals surface area contributed by atoms with Gasteiger partial charge in [-0.3, -0.25) is 0 Å². The number of thiophene rings is 1. The molecule has 0 saturated carbocycles. The summed E-state index contributed by atoms with van der Waals surface area (Å²) >= 11 is 8.34. The van der Waals surface area contributed by atoms with Crippen molar-refractivity contribution in [2.45, 2.75) is 12.5 Å². The van der Waals surface area contributed by atoms with E-state index >= 15 is 0 Å². The largest absolute Gasteiger partial charge is 0.323 e. The van der Waals surface area contributed by atoms with Gasteiger partial charge >= 0.3 is 0 Å². The van der Waals surface area contributed by atoms with Gasteiger partial charge in [-0.15, -0.1) is 11.3 Å². The van der Waals surface area contributed by atoms with E-state index in [1.54, 1.807) is 11.3 Å². The highest BCUT2D eigenvalue weighted by molar-refractivity contribution is 9.10. The van der Waals surface area contributed by atoms with Gasteiger partial charge in [0, 0.05) is 19.9 Å². The van der Waals surface area contributed by atoms with E-state index in [1.807, 2.05) is 17.5 Å². The normalized spacial score (nSPS) is 12.7. The molecule has 2 N–H and O–H groups in total. The summed E-state index contributed by atoms with van der Waals surface area (Å²) in [6.45, 7) is 0. The molecule has 1 atom stereocenters. The number of benzene rings is 1. The van der Waals surface area contributed by atoms with Crippen LogP contribution in [0.5, 0.6) is 0 Å². The molecule has 0 amide bonds. The zero-order valence-corrected chi connectivity index (χ0v) is 12.8. The molecule has 0 aliphatic heterocycles. The second kappa shape index (κ2) is 5.61. The molecule has 0 aliphatic carbocycles. The van der Waals surface area contributed by atoms with Crippen LogP contribution in [0.4, 0.5) is 4.39 Å². The third kappa shape index (κ3) is 3.37. The van der Waals surface area contributed by atoms with E-state index in [4.69, 9.17) is 5.73 Å². The predicted octanol–water partition coefficient (Wildman–Crippen LogP) is 4.65. The van der Waals surface area contributed by atoms with E-state index in [2.05, 4.69) is 31.9 Å². The molecule has 2 rings (SSSR count). The topological polar surface area (TPSA) is 26.0 Å². The van der Waals surface area contributed by atoms with Crippen LogP contribution >= 0.6 is 43.2 Å². The molecule has 0 aliphatic rings. The minimum Gasteiger partial charge on any atom is -0.323 e. The number of hydrogen-bond donors (Lipinski definition) is 1. The number of hydrogen-bond acceptors (Lipinski definition) is 2. The molecule has 0 spiro atoms. The molecule has 0 bridgehead atoms. The Balaban J connectivity index is 2.18. The summed E-state index contributed by atoms with van der Waals surface area (Å²) in [5.74, 6) is -0.244. The summed E-state index contributed by atoms with van der Waals surface area (Å²) < 4.78 is 15.0. The van der Waals surface area contributed by atoms with Crippen LogP contribution in [0.15, 0.2) is 38.6 Å². The van der Waals surface area contributed by atoms with Crippen LogP contribution in [0.2, 0.25) is 0 Å². The molecule has 90 valence electrons. The SMILES string of the molecule is NC(Cc1cc(F)cc(Br)c1)c1sccc1Br. The Labute approximate surface area is 120 Å². The smallest absolute Gasteiger partial charge is 0.124 e. The minimum absolute atomic E-state index is 0.113. The quantitative estimate of drug-likeness (QED) is 0.826. The summed E-state index contributed by atoms with van der Waals surface area (Å²) in [6, 6.07) is 6.71. The standard InChI is InChI=1S/C12H10Br2FNS/c13-8-3-7(4-9(15)6-8)5-11(16)12-10(14)1-2-17-12/h1-4,6,11H,5,16H2. The van der Waals surface area contributed by atoms with Crippen LogP contribution in [0.1, 0.15) is 16.5 Å². The average Bonchev–Trinajstić information content (AvgIpc) is 2.62. The number of rotatable bonds is 3. The van der Waals surface area contributed by atoms with Crippen molar-refractivity contribution in [1.29, 1.82) is 0 Å². The molecule has 2 aromatic rings. The van der Waals surface area contributed by atoms with Crippen molar-refractivity contribution in [2.75, 3.05) is 0 Å². The molecule has 1 aromatic heterocycles. The molecular weight excluding hydrogens is 369 g/mol. The molecule has 1 heterocycles. The second-order valence-corrected chi connectivity index (χ2v) is 6.44. The van der Waals surface area contributed by atoms with Gasteiger partial charge in [0.15, 0.2) is 0 Å². The highest BCUT2D eigenvalue weighted by Crippen LogP contribution is 2.30. The van der Waals surface area contributed by atoms with Gasteiger partial charge in [0.1, 0.15) is 5.82 Å². The second-order valence-electron chi connectivity index (χ2n) is 3.72. The first-order valence-corrected chi connectivity index (χ1v) is 7.46. The van der Waals surface area contributed by atoms with Gasteiger partial charge in [0.05, 0.1) is 0 Å². The average molecular weight is 379 g/mol. The van der Waals surface area contributed by atoms with Crippen LogP contribution in [-0.2, 0) is 6.42 Å². The Kier molecular flexibility index (Phi) is 4.36. The van der Waals surface area contributed by atoms with Crippen LogP contribution in [0.25, 0.3) is 0 Å². The van der Waals surface area contributed by atoms with Crippen molar-refractivity contribution in [3.05, 3.63) is 54.8 Å². The number of nitrogens with two attached hydrogens (primary N) is 1. The van der Waals surface area contributed by atoms with E-state index in [9.17, 15) is 4.39 Å². The van der Waals surface area contributed by atoms with E-state index in [0.29, 0.717) is 6.42 Å². The predicted molar refractivity (Wildman–Crippen MR) is 76.8 cm³/mol. The Bertz CT molecular complexity index is 507. The van der Waals surface area contributed by atoms with Gasteiger partial charge in [-0.05, 0) is 57.6 Å². The van der Waals surface area contributed by atoms with Crippen molar-refractivity contribution in [3.63, 3.8) is 0 Å². The van der Waals surface area contributed by atoms with Gasteiger partial charge in [-0.25, -0.2) is 4.39 Å². The molecule has 1 unspecified atom stereocenters. The zero-order valence-electron chi connectivity index (χ0n) is 8.79. The lowest BCUT2D eigenvalue weighted by atomic mass is 10.1. The first kappa shape index (κ1) is 13.2. The van der Waals surface area contributed by atoms with Crippen molar-refractivity contribution in [2.24, 2.45) is 5.73 Å². The summed E-state index contributed by atoms with van der Waals surface area (Å²) in [5.41, 5.74) is 7.01. The molecule has 0 radical (unpaired) electrons. The fourth-order valence-corrected chi connectivity index (χ4v) is 3.83. The minimum atomic E-state index is -0.244. The lowest BCUT2D eigenvalue weighted by Crippen LogP contribution is -2.12. The van der Waals surface area contributed by atoms with E-state index in [-0.39, 0.29) is 11.9 Å². The first-order chi connectivity index (χ1) is 8.06. The van der Waals surface area contributed by atoms with Gasteiger partial charge < -0.3 is 5.73 Å². The molecular formula is C12H10Br2FNS. The molecule has 17 heavy (non-hydrogen) atoms. The van der Waals surface area contributed by atoms with Crippen LogP contribution in [0, 0.1) is 5.82 Å². The molecule has 0 saturated heterocycles. The van der Waals surface area contributed by atoms with Crippen molar-refractivity contribution >= 4 is 43.2 Å². The molecule has 0 fully saturated rings. The lowest BCUT2D eigenvalue weighted by Gasteiger charge is -2.11. The van der Waals surface area contributed by atoms with Gasteiger partial charge in [0.25, 0.3) is 0 Å². The lowest BCUT2D eigenvalue weighted by molar-refractivity contribution is 0.621. The Hall–Kier alpha value is -0.230. The summed E-state index contributed by atoms with van der Waals surface area (Å²) in [5, 5.41) is 1.99. The third-order valence-electron chi connectivity index (χ3n) is 2.36. The summed E-state index contributed by atoms with van der Waals surface area (Å²) in [6.07, 6.45) is 0.621. The summed E-state index contributed by atoms with van der Waals surface area (Å²) in [4.78, 5) is 1.09. The van der Waals surface area contributed by atoms with Gasteiger partial charge in [-0.2, -0.15) is 0 Å². The summed E-state index contributed by atoms with van der Waals surface area (Å²) in [7, 11) is 0. The van der Waals surface area contributed by atoms with Gasteiger partial charge in [-0.1, -0.05) is 15.9 Å². The van der Waals surface area contributed by atoms with Crippen molar-refractivity contribution in [1.82, 2.24) is 0 Å². The molecule has 1 nitrogen and oxygen atoms in total. The van der Waals surface area contributed by atoms with Crippen LogP contribution < -0.4 is 5.73 Å².